The fourth-order valence-electron chi connectivity index (χ4n) is 1.54. The molecule has 0 aliphatic rings. The van der Waals surface area contributed by atoms with Gasteiger partial charge in [-0.25, -0.2) is 0 Å². The summed E-state index contributed by atoms with van der Waals surface area (Å²) >= 11 is 0. The molecule has 1 aromatic heterocycles. The van der Waals surface area contributed by atoms with Crippen molar-refractivity contribution in [2.24, 2.45) is 0 Å². The van der Waals surface area contributed by atoms with Gasteiger partial charge in [0.2, 0.25) is 0 Å². The molecule has 0 bridgehead atoms. The predicted octanol–water partition coefficient (Wildman–Crippen LogP) is 3.35. The van der Waals surface area contributed by atoms with Crippen molar-refractivity contribution < 1.29 is 4.79 Å². The van der Waals surface area contributed by atoms with Crippen molar-refractivity contribution in [2.45, 2.75) is 34.6 Å². The Balaban J connectivity index is 0.000000741. The number of hydrogen-bond acceptors (Lipinski definition) is 3. The van der Waals surface area contributed by atoms with E-state index < -0.39 is 0 Å². The van der Waals surface area contributed by atoms with E-state index in [-0.39, 0.29) is 5.91 Å². The highest BCUT2D eigenvalue weighted by Crippen LogP contribution is 2.19. The van der Waals surface area contributed by atoms with Crippen molar-refractivity contribution in [3.8, 4) is 0 Å². The number of hydrogen-bond donors (Lipinski definition) is 1. The second kappa shape index (κ2) is 9.03. The lowest BCUT2D eigenvalue weighted by atomic mass is 10.1. The van der Waals surface area contributed by atoms with Crippen LogP contribution in [0.5, 0.6) is 0 Å². The Labute approximate surface area is 115 Å². The van der Waals surface area contributed by atoms with Crippen LogP contribution in [0.4, 0.5) is 0 Å². The summed E-state index contributed by atoms with van der Waals surface area (Å²) in [6.45, 7) is 9.98. The summed E-state index contributed by atoms with van der Waals surface area (Å²) in [5.41, 5.74) is 2.30. The van der Waals surface area contributed by atoms with Crippen LogP contribution < -0.4 is 5.32 Å². The molecule has 2 rings (SSSR count). The van der Waals surface area contributed by atoms with E-state index in [1.807, 2.05) is 46.8 Å². The predicted molar refractivity (Wildman–Crippen MR) is 80.4 cm³/mol. The number of aryl methyl sites for hydroxylation is 1. The Bertz CT molecular complexity index is 524. The first-order valence-corrected chi connectivity index (χ1v) is 6.67. The first kappa shape index (κ1) is 17.0. The maximum absolute atomic E-state index is 11.6. The number of fused-ring (bicyclic) bond motifs is 1. The van der Waals surface area contributed by atoms with Gasteiger partial charge in [-0.15, -0.1) is 5.10 Å². The van der Waals surface area contributed by atoms with Crippen molar-refractivity contribution in [1.29, 1.82) is 0 Å². The van der Waals surface area contributed by atoms with Crippen LogP contribution in [-0.4, -0.2) is 23.2 Å². The van der Waals surface area contributed by atoms with Crippen molar-refractivity contribution >= 4 is 16.8 Å². The van der Waals surface area contributed by atoms with E-state index in [2.05, 4.69) is 15.5 Å². The minimum Gasteiger partial charge on any atom is -0.355 e. The zero-order chi connectivity index (χ0) is 14.8. The van der Waals surface area contributed by atoms with Gasteiger partial charge in [-0.2, -0.15) is 5.10 Å². The molecule has 2 aromatic rings. The van der Waals surface area contributed by atoms with Crippen LogP contribution in [0.3, 0.4) is 0 Å². The van der Waals surface area contributed by atoms with Crippen LogP contribution in [0.2, 0.25) is 0 Å². The molecule has 0 atom stereocenters. The Hall–Kier alpha value is -1.97. The van der Waals surface area contributed by atoms with Gasteiger partial charge in [0, 0.05) is 12.4 Å². The third kappa shape index (κ3) is 4.02. The van der Waals surface area contributed by atoms with Gasteiger partial charge in [-0.05, 0) is 24.6 Å². The molecule has 19 heavy (non-hydrogen) atoms. The molecule has 0 fully saturated rings. The molecule has 0 unspecified atom stereocenters. The van der Waals surface area contributed by atoms with E-state index in [9.17, 15) is 4.79 Å². The lowest BCUT2D eigenvalue weighted by Gasteiger charge is -2.05. The lowest BCUT2D eigenvalue weighted by Crippen LogP contribution is -2.18. The molecule has 0 saturated carbocycles. The molecular weight excluding hydrogens is 238 g/mol. The van der Waals surface area contributed by atoms with Crippen molar-refractivity contribution in [1.82, 2.24) is 15.5 Å². The Morgan fingerprint density at radius 3 is 2.32 bits per heavy atom. The number of carbonyl (C=O) groups is 1. The molecule has 4 heteroatoms. The van der Waals surface area contributed by atoms with E-state index in [1.54, 1.807) is 19.3 Å². The van der Waals surface area contributed by atoms with Gasteiger partial charge in [-0.1, -0.05) is 33.8 Å². The van der Waals surface area contributed by atoms with E-state index in [0.29, 0.717) is 11.1 Å². The van der Waals surface area contributed by atoms with E-state index in [1.165, 1.54) is 0 Å². The number of nitrogens with one attached hydrogen (secondary N) is 1. The standard InChI is InChI=1S/C11H11N3O.2C2H6/c1-7-3-4-9(11(15)12-2)10-8(7)5-6-13-14-10;2*1-2/h3-6H,1-2H3,(H,12,15);2*1-2H3. The molecule has 1 amide bonds. The zero-order valence-electron chi connectivity index (χ0n) is 12.6. The maximum Gasteiger partial charge on any atom is 0.253 e. The monoisotopic (exact) mass is 261 g/mol. The van der Waals surface area contributed by atoms with Crippen LogP contribution in [0.15, 0.2) is 24.4 Å². The Kier molecular flexibility index (Phi) is 8.09. The number of carbonyl (C=O) groups excluding carboxylic acids is 1. The molecule has 1 heterocycles. The van der Waals surface area contributed by atoms with Gasteiger partial charge in [-0.3, -0.25) is 4.79 Å². The summed E-state index contributed by atoms with van der Waals surface area (Å²) in [5.74, 6) is -0.138. The Morgan fingerprint density at radius 2 is 1.74 bits per heavy atom. The summed E-state index contributed by atoms with van der Waals surface area (Å²) in [6.07, 6.45) is 1.63. The van der Waals surface area contributed by atoms with Crippen molar-refractivity contribution in [3.63, 3.8) is 0 Å². The van der Waals surface area contributed by atoms with Gasteiger partial charge < -0.3 is 5.32 Å². The summed E-state index contributed by atoms with van der Waals surface area (Å²) < 4.78 is 0. The van der Waals surface area contributed by atoms with Gasteiger partial charge in [0.25, 0.3) is 5.91 Å². The molecule has 0 saturated heterocycles. The fourth-order valence-corrected chi connectivity index (χ4v) is 1.54. The molecule has 4 nitrogen and oxygen atoms in total. The molecule has 0 radical (unpaired) electrons. The average Bonchev–Trinajstić information content (AvgIpc) is 2.51. The number of nitrogens with zero attached hydrogens (tertiary/aromatic N) is 2. The number of amides is 1. The third-order valence-electron chi connectivity index (χ3n) is 2.37. The number of aromatic nitrogens is 2. The quantitative estimate of drug-likeness (QED) is 0.856. The van der Waals surface area contributed by atoms with Gasteiger partial charge in [0.15, 0.2) is 0 Å². The van der Waals surface area contributed by atoms with Gasteiger partial charge in [0.1, 0.15) is 5.52 Å². The highest BCUT2D eigenvalue weighted by molar-refractivity contribution is 6.05. The first-order chi connectivity index (χ1) is 9.24. The maximum atomic E-state index is 11.6. The molecule has 104 valence electrons. The molecule has 0 aliphatic heterocycles. The summed E-state index contributed by atoms with van der Waals surface area (Å²) in [4.78, 5) is 11.6. The minimum atomic E-state index is -0.138. The first-order valence-electron chi connectivity index (χ1n) is 6.67. The largest absolute Gasteiger partial charge is 0.355 e. The second-order valence-corrected chi connectivity index (χ2v) is 3.30. The highest BCUT2D eigenvalue weighted by atomic mass is 16.1. The molecule has 0 aliphatic carbocycles. The van der Waals surface area contributed by atoms with E-state index in [4.69, 9.17) is 0 Å². The summed E-state index contributed by atoms with van der Waals surface area (Å²) in [6, 6.07) is 5.55. The van der Waals surface area contributed by atoms with Crippen LogP contribution in [0, 0.1) is 6.92 Å². The van der Waals surface area contributed by atoms with Crippen molar-refractivity contribution in [2.75, 3.05) is 7.05 Å². The Morgan fingerprint density at radius 1 is 1.11 bits per heavy atom. The molecule has 0 spiro atoms. The average molecular weight is 261 g/mol. The lowest BCUT2D eigenvalue weighted by molar-refractivity contribution is 0.0964. The SMILES string of the molecule is CC.CC.CNC(=O)c1ccc(C)c2ccnnc12. The normalized spacial score (nSPS) is 8.74. The fraction of sp³-hybridized carbons (Fsp3) is 0.400. The minimum absolute atomic E-state index is 0.138. The van der Waals surface area contributed by atoms with Crippen LogP contribution in [0.1, 0.15) is 43.6 Å². The number of benzene rings is 1. The zero-order valence-corrected chi connectivity index (χ0v) is 12.6. The van der Waals surface area contributed by atoms with Crippen LogP contribution in [0.25, 0.3) is 10.9 Å². The topological polar surface area (TPSA) is 54.9 Å². The van der Waals surface area contributed by atoms with Crippen molar-refractivity contribution in [3.05, 3.63) is 35.5 Å². The third-order valence-corrected chi connectivity index (χ3v) is 2.37. The molecule has 1 N–H and O–H groups in total. The van der Waals surface area contributed by atoms with Gasteiger partial charge in [0.05, 0.1) is 11.8 Å². The summed E-state index contributed by atoms with van der Waals surface area (Å²) in [5, 5.41) is 11.4. The smallest absolute Gasteiger partial charge is 0.253 e. The highest BCUT2D eigenvalue weighted by Gasteiger charge is 2.10. The van der Waals surface area contributed by atoms with Gasteiger partial charge >= 0.3 is 0 Å². The second-order valence-electron chi connectivity index (χ2n) is 3.30. The molecule has 1 aromatic carbocycles. The van der Waals surface area contributed by atoms with E-state index in [0.717, 1.165) is 10.9 Å². The summed E-state index contributed by atoms with van der Waals surface area (Å²) in [7, 11) is 1.60. The van der Waals surface area contributed by atoms with Crippen LogP contribution >= 0.6 is 0 Å². The van der Waals surface area contributed by atoms with E-state index >= 15 is 0 Å². The molecular formula is C15H23N3O. The van der Waals surface area contributed by atoms with Crippen LogP contribution in [-0.2, 0) is 0 Å². The number of rotatable bonds is 1.